The first-order chi connectivity index (χ1) is 10.6. The van der Waals surface area contributed by atoms with Crippen molar-refractivity contribution < 1.29 is 14.3 Å². The van der Waals surface area contributed by atoms with Crippen LogP contribution in [0, 0.1) is 0 Å². The molecule has 0 unspecified atom stereocenters. The van der Waals surface area contributed by atoms with Crippen LogP contribution >= 0.6 is 0 Å². The third-order valence-corrected chi connectivity index (χ3v) is 3.05. The van der Waals surface area contributed by atoms with Crippen LogP contribution in [0.1, 0.15) is 11.6 Å². The molecule has 2 rings (SSSR count). The largest absolute Gasteiger partial charge is 0.495 e. The second-order valence-corrected chi connectivity index (χ2v) is 4.54. The maximum absolute atomic E-state index is 12.2. The van der Waals surface area contributed by atoms with Gasteiger partial charge in [0.1, 0.15) is 11.8 Å². The van der Waals surface area contributed by atoms with E-state index >= 15 is 0 Å². The molecular weight excluding hydrogens is 282 g/mol. The molecule has 0 fully saturated rings. The van der Waals surface area contributed by atoms with Crippen LogP contribution < -0.4 is 21.1 Å². The van der Waals surface area contributed by atoms with Gasteiger partial charge in [0, 0.05) is 0 Å². The van der Waals surface area contributed by atoms with Gasteiger partial charge in [-0.3, -0.25) is 10.1 Å². The average molecular weight is 299 g/mol. The van der Waals surface area contributed by atoms with E-state index in [1.54, 1.807) is 31.4 Å². The molecule has 2 aromatic carbocycles. The fraction of sp³-hybridized carbons (Fsp3) is 0.125. The lowest BCUT2D eigenvalue weighted by atomic mass is 10.1. The first-order valence-electron chi connectivity index (χ1n) is 6.66. The molecule has 0 saturated carbocycles. The number of ether oxygens (including phenoxy) is 1. The van der Waals surface area contributed by atoms with Crippen LogP contribution in [-0.2, 0) is 4.79 Å². The molecule has 3 amide bonds. The summed E-state index contributed by atoms with van der Waals surface area (Å²) in [7, 11) is 1.54. The number of nitrogens with two attached hydrogens (primary N) is 1. The van der Waals surface area contributed by atoms with Gasteiger partial charge in [-0.1, -0.05) is 42.5 Å². The van der Waals surface area contributed by atoms with E-state index in [4.69, 9.17) is 10.5 Å². The molecule has 0 radical (unpaired) electrons. The van der Waals surface area contributed by atoms with Crippen LogP contribution in [0.5, 0.6) is 5.75 Å². The number of hydrogen-bond acceptors (Lipinski definition) is 4. The molecule has 6 heteroatoms. The number of urea groups is 1. The highest BCUT2D eigenvalue weighted by atomic mass is 16.5. The SMILES string of the molecule is COc1ccccc1N[C@@H](C(=O)NC(N)=O)c1ccccc1. The van der Waals surface area contributed by atoms with Gasteiger partial charge >= 0.3 is 6.03 Å². The molecule has 2 aromatic rings. The van der Waals surface area contributed by atoms with Crippen LogP contribution in [-0.4, -0.2) is 19.0 Å². The lowest BCUT2D eigenvalue weighted by Crippen LogP contribution is -2.40. The summed E-state index contributed by atoms with van der Waals surface area (Å²) in [6.45, 7) is 0. The van der Waals surface area contributed by atoms with E-state index in [1.165, 1.54) is 0 Å². The molecule has 0 aliphatic carbocycles. The van der Waals surface area contributed by atoms with Crippen molar-refractivity contribution in [3.63, 3.8) is 0 Å². The number of rotatable bonds is 5. The third-order valence-electron chi connectivity index (χ3n) is 3.05. The van der Waals surface area contributed by atoms with Crippen molar-refractivity contribution in [2.24, 2.45) is 5.73 Å². The molecule has 0 heterocycles. The molecule has 0 saturated heterocycles. The standard InChI is InChI=1S/C16H17N3O3/c1-22-13-10-6-5-9-12(13)18-14(15(20)19-16(17)21)11-7-3-2-4-8-11/h2-10,14,18H,1H3,(H3,17,19,20,21)/t14-/m1/s1. The van der Waals surface area contributed by atoms with E-state index in [-0.39, 0.29) is 0 Å². The predicted molar refractivity (Wildman–Crippen MR) is 83.5 cm³/mol. The van der Waals surface area contributed by atoms with E-state index in [0.717, 1.165) is 0 Å². The van der Waals surface area contributed by atoms with Crippen LogP contribution in [0.2, 0.25) is 0 Å². The van der Waals surface area contributed by atoms with E-state index < -0.39 is 18.0 Å². The number of methoxy groups -OCH3 is 1. The Morgan fingerprint density at radius 1 is 1.05 bits per heavy atom. The molecule has 6 nitrogen and oxygen atoms in total. The number of amides is 3. The zero-order chi connectivity index (χ0) is 15.9. The maximum atomic E-state index is 12.2. The van der Waals surface area contributed by atoms with Gasteiger partial charge in [-0.25, -0.2) is 4.79 Å². The lowest BCUT2D eigenvalue weighted by Gasteiger charge is -2.20. The molecular formula is C16H17N3O3. The highest BCUT2D eigenvalue weighted by Gasteiger charge is 2.22. The monoisotopic (exact) mass is 299 g/mol. The van der Waals surface area contributed by atoms with Crippen LogP contribution in [0.15, 0.2) is 54.6 Å². The first-order valence-corrected chi connectivity index (χ1v) is 6.66. The number of anilines is 1. The maximum Gasteiger partial charge on any atom is 0.318 e. The van der Waals surface area contributed by atoms with Crippen molar-refractivity contribution in [1.29, 1.82) is 0 Å². The molecule has 0 aliphatic heterocycles. The van der Waals surface area contributed by atoms with Crippen LogP contribution in [0.3, 0.4) is 0 Å². The van der Waals surface area contributed by atoms with Gasteiger partial charge in [-0.2, -0.15) is 0 Å². The second-order valence-electron chi connectivity index (χ2n) is 4.54. The van der Waals surface area contributed by atoms with Gasteiger partial charge in [0.15, 0.2) is 0 Å². The van der Waals surface area contributed by atoms with Gasteiger partial charge in [0.25, 0.3) is 5.91 Å². The van der Waals surface area contributed by atoms with E-state index in [0.29, 0.717) is 17.0 Å². The van der Waals surface area contributed by atoms with Crippen molar-refractivity contribution in [3.05, 3.63) is 60.2 Å². The third kappa shape index (κ3) is 3.76. The zero-order valence-electron chi connectivity index (χ0n) is 12.1. The molecule has 22 heavy (non-hydrogen) atoms. The van der Waals surface area contributed by atoms with Gasteiger partial charge in [-0.05, 0) is 17.7 Å². The van der Waals surface area contributed by atoms with E-state index in [9.17, 15) is 9.59 Å². The number of nitrogens with one attached hydrogen (secondary N) is 2. The molecule has 0 spiro atoms. The molecule has 0 aliphatic rings. The minimum absolute atomic E-state index is 0.537. The normalized spacial score (nSPS) is 11.3. The van der Waals surface area contributed by atoms with Gasteiger partial charge in [0.05, 0.1) is 12.8 Å². The summed E-state index contributed by atoms with van der Waals surface area (Å²) in [5, 5.41) is 5.17. The Labute approximate surface area is 128 Å². The number of para-hydroxylation sites is 2. The van der Waals surface area contributed by atoms with Crippen molar-refractivity contribution in [3.8, 4) is 5.75 Å². The molecule has 0 bridgehead atoms. The fourth-order valence-electron chi connectivity index (χ4n) is 2.06. The average Bonchev–Trinajstić information content (AvgIpc) is 2.53. The summed E-state index contributed by atoms with van der Waals surface area (Å²) >= 11 is 0. The Bertz CT molecular complexity index is 659. The van der Waals surface area contributed by atoms with Gasteiger partial charge < -0.3 is 15.8 Å². The number of imide groups is 1. The Balaban J connectivity index is 2.32. The molecule has 4 N–H and O–H groups in total. The summed E-state index contributed by atoms with van der Waals surface area (Å²) in [5.41, 5.74) is 6.37. The summed E-state index contributed by atoms with van der Waals surface area (Å²) in [6.07, 6.45) is 0. The Morgan fingerprint density at radius 2 is 1.68 bits per heavy atom. The summed E-state index contributed by atoms with van der Waals surface area (Å²) in [6, 6.07) is 14.6. The second kappa shape index (κ2) is 7.12. The number of benzene rings is 2. The highest BCUT2D eigenvalue weighted by Crippen LogP contribution is 2.28. The molecule has 1 atom stereocenters. The quantitative estimate of drug-likeness (QED) is 0.787. The van der Waals surface area contributed by atoms with Crippen molar-refractivity contribution >= 4 is 17.6 Å². The summed E-state index contributed by atoms with van der Waals surface area (Å²) < 4.78 is 5.26. The van der Waals surface area contributed by atoms with E-state index in [2.05, 4.69) is 10.6 Å². The minimum atomic E-state index is -0.896. The number of primary amides is 1. The lowest BCUT2D eigenvalue weighted by molar-refractivity contribution is -0.120. The number of carbonyl (C=O) groups excluding carboxylic acids is 2. The fourth-order valence-corrected chi connectivity index (χ4v) is 2.06. The van der Waals surface area contributed by atoms with Crippen molar-refractivity contribution in [2.45, 2.75) is 6.04 Å². The van der Waals surface area contributed by atoms with E-state index in [1.807, 2.05) is 30.3 Å². The van der Waals surface area contributed by atoms with Crippen LogP contribution in [0.25, 0.3) is 0 Å². The number of hydrogen-bond donors (Lipinski definition) is 3. The predicted octanol–water partition coefficient (Wildman–Crippen LogP) is 2.04. The Hall–Kier alpha value is -3.02. The van der Waals surface area contributed by atoms with Crippen LogP contribution in [0.4, 0.5) is 10.5 Å². The van der Waals surface area contributed by atoms with Crippen molar-refractivity contribution in [2.75, 3.05) is 12.4 Å². The number of carbonyl (C=O) groups is 2. The molecule has 114 valence electrons. The topological polar surface area (TPSA) is 93.4 Å². The van der Waals surface area contributed by atoms with Crippen molar-refractivity contribution in [1.82, 2.24) is 5.32 Å². The summed E-state index contributed by atoms with van der Waals surface area (Å²) in [4.78, 5) is 23.2. The first kappa shape index (κ1) is 15.4. The summed E-state index contributed by atoms with van der Waals surface area (Å²) in [5.74, 6) is 0.0555. The minimum Gasteiger partial charge on any atom is -0.495 e. The highest BCUT2D eigenvalue weighted by molar-refractivity contribution is 5.98. The van der Waals surface area contributed by atoms with Gasteiger partial charge in [0.2, 0.25) is 0 Å². The zero-order valence-corrected chi connectivity index (χ0v) is 12.1. The smallest absolute Gasteiger partial charge is 0.318 e. The Morgan fingerprint density at radius 3 is 2.32 bits per heavy atom. The Kier molecular flexibility index (Phi) is 4.98. The van der Waals surface area contributed by atoms with Gasteiger partial charge in [-0.15, -0.1) is 0 Å². The molecule has 0 aromatic heterocycles.